The van der Waals surface area contributed by atoms with Gasteiger partial charge in [0.2, 0.25) is 0 Å². The Kier molecular flexibility index (Phi) is 4.36. The van der Waals surface area contributed by atoms with Gasteiger partial charge in [-0.05, 0) is 24.1 Å². The Labute approximate surface area is 105 Å². The molecular formula is C11H17N5O2. The second-order valence-corrected chi connectivity index (χ2v) is 3.76. The Balaban J connectivity index is 2.58. The molecule has 0 aromatic heterocycles. The molecule has 0 saturated carbocycles. The molecule has 0 aliphatic rings. The second-order valence-electron chi connectivity index (χ2n) is 3.76. The maximum Gasteiger partial charge on any atom is 0.197 e. The summed E-state index contributed by atoms with van der Waals surface area (Å²) in [5, 5.41) is 25.6. The van der Waals surface area contributed by atoms with Crippen molar-refractivity contribution in [3.05, 3.63) is 23.8 Å². The third kappa shape index (κ3) is 3.55. The van der Waals surface area contributed by atoms with Crippen LogP contribution in [-0.2, 0) is 6.42 Å². The van der Waals surface area contributed by atoms with E-state index in [0.29, 0.717) is 13.0 Å². The van der Waals surface area contributed by atoms with Crippen molar-refractivity contribution in [2.24, 2.45) is 16.5 Å². The van der Waals surface area contributed by atoms with Crippen molar-refractivity contribution in [1.82, 2.24) is 4.90 Å². The van der Waals surface area contributed by atoms with Gasteiger partial charge in [-0.2, -0.15) is 0 Å². The van der Waals surface area contributed by atoms with Crippen LogP contribution in [0.1, 0.15) is 5.56 Å². The Morgan fingerprint density at radius 2 is 2.00 bits per heavy atom. The van der Waals surface area contributed by atoms with Crippen molar-refractivity contribution in [2.45, 2.75) is 6.42 Å². The minimum Gasteiger partial charge on any atom is -0.504 e. The number of aromatic hydroxyl groups is 2. The SMILES string of the molecule is CN(C(=N)N)C(N)=NCCc1ccc(O)c(O)c1. The summed E-state index contributed by atoms with van der Waals surface area (Å²) in [5.74, 6) is -0.340. The van der Waals surface area contributed by atoms with Gasteiger partial charge < -0.3 is 21.7 Å². The first-order valence-electron chi connectivity index (χ1n) is 5.30. The van der Waals surface area contributed by atoms with Gasteiger partial charge in [-0.25, -0.2) is 0 Å². The monoisotopic (exact) mass is 251 g/mol. The van der Waals surface area contributed by atoms with Crippen LogP contribution in [0.2, 0.25) is 0 Å². The highest BCUT2D eigenvalue weighted by Crippen LogP contribution is 2.24. The van der Waals surface area contributed by atoms with E-state index in [-0.39, 0.29) is 23.4 Å². The summed E-state index contributed by atoms with van der Waals surface area (Å²) in [6.45, 7) is 0.396. The van der Waals surface area contributed by atoms with E-state index in [1.165, 1.54) is 17.0 Å². The van der Waals surface area contributed by atoms with Crippen molar-refractivity contribution in [3.63, 3.8) is 0 Å². The standard InChI is InChI=1S/C11H17N5O2/c1-16(10(12)13)11(14)15-5-4-7-2-3-8(17)9(18)6-7/h2-3,6,17-18H,4-5H2,1H3,(H3,12,13)(H2,14,15). The first kappa shape index (κ1) is 13.6. The molecular weight excluding hydrogens is 234 g/mol. The summed E-state index contributed by atoms with van der Waals surface area (Å²) in [6.07, 6.45) is 0.556. The third-order valence-electron chi connectivity index (χ3n) is 2.42. The van der Waals surface area contributed by atoms with Crippen molar-refractivity contribution in [1.29, 1.82) is 5.41 Å². The molecule has 0 atom stereocenters. The molecule has 7 heteroatoms. The van der Waals surface area contributed by atoms with Crippen molar-refractivity contribution in [2.75, 3.05) is 13.6 Å². The lowest BCUT2D eigenvalue weighted by molar-refractivity contribution is 0.403. The lowest BCUT2D eigenvalue weighted by Gasteiger charge is -2.14. The van der Waals surface area contributed by atoms with Crippen LogP contribution in [0.25, 0.3) is 0 Å². The van der Waals surface area contributed by atoms with Gasteiger partial charge in [0, 0.05) is 13.6 Å². The number of rotatable bonds is 3. The lowest BCUT2D eigenvalue weighted by Crippen LogP contribution is -2.42. The summed E-state index contributed by atoms with van der Waals surface area (Å²) in [7, 11) is 1.55. The van der Waals surface area contributed by atoms with E-state index in [1.54, 1.807) is 13.1 Å². The van der Waals surface area contributed by atoms with E-state index in [1.807, 2.05) is 0 Å². The van der Waals surface area contributed by atoms with Crippen LogP contribution in [0, 0.1) is 5.41 Å². The number of aliphatic imine (C=N–C) groups is 1. The van der Waals surface area contributed by atoms with Gasteiger partial charge in [0.1, 0.15) is 0 Å². The smallest absolute Gasteiger partial charge is 0.197 e. The van der Waals surface area contributed by atoms with Crippen LogP contribution >= 0.6 is 0 Å². The van der Waals surface area contributed by atoms with Crippen molar-refractivity contribution < 1.29 is 10.2 Å². The van der Waals surface area contributed by atoms with Crippen LogP contribution in [0.3, 0.4) is 0 Å². The molecule has 1 aromatic carbocycles. The fraction of sp³-hybridized carbons (Fsp3) is 0.273. The lowest BCUT2D eigenvalue weighted by atomic mass is 10.1. The summed E-state index contributed by atoms with van der Waals surface area (Å²) >= 11 is 0. The molecule has 0 fully saturated rings. The number of guanidine groups is 2. The topological polar surface area (TPSA) is 132 Å². The molecule has 0 saturated heterocycles. The highest BCUT2D eigenvalue weighted by molar-refractivity contribution is 5.95. The first-order valence-corrected chi connectivity index (χ1v) is 5.30. The minimum atomic E-state index is -0.182. The molecule has 98 valence electrons. The zero-order valence-electron chi connectivity index (χ0n) is 10.1. The molecule has 0 aliphatic heterocycles. The van der Waals surface area contributed by atoms with Gasteiger partial charge in [-0.3, -0.25) is 15.3 Å². The van der Waals surface area contributed by atoms with E-state index in [4.69, 9.17) is 22.0 Å². The fourth-order valence-electron chi connectivity index (χ4n) is 1.25. The Morgan fingerprint density at radius 3 is 2.56 bits per heavy atom. The highest BCUT2D eigenvalue weighted by Gasteiger charge is 2.04. The Morgan fingerprint density at radius 1 is 1.33 bits per heavy atom. The zero-order chi connectivity index (χ0) is 13.7. The van der Waals surface area contributed by atoms with E-state index >= 15 is 0 Å². The number of phenols is 2. The van der Waals surface area contributed by atoms with E-state index in [2.05, 4.69) is 4.99 Å². The number of nitrogens with two attached hydrogens (primary N) is 2. The van der Waals surface area contributed by atoms with Crippen molar-refractivity contribution >= 4 is 11.9 Å². The number of nitrogens with zero attached hydrogens (tertiary/aromatic N) is 2. The van der Waals surface area contributed by atoms with Crippen molar-refractivity contribution in [3.8, 4) is 11.5 Å². The molecule has 0 unspecified atom stereocenters. The maximum absolute atomic E-state index is 9.31. The van der Waals surface area contributed by atoms with E-state index in [0.717, 1.165) is 5.56 Å². The summed E-state index contributed by atoms with van der Waals surface area (Å²) in [4.78, 5) is 5.31. The molecule has 7 nitrogen and oxygen atoms in total. The molecule has 0 amide bonds. The van der Waals surface area contributed by atoms with Crippen LogP contribution < -0.4 is 11.5 Å². The molecule has 0 bridgehead atoms. The quantitative estimate of drug-likeness (QED) is 0.288. The third-order valence-corrected chi connectivity index (χ3v) is 2.42. The van der Waals surface area contributed by atoms with Gasteiger partial charge in [0.25, 0.3) is 0 Å². The average Bonchev–Trinajstić information content (AvgIpc) is 2.32. The normalized spacial score (nSPS) is 11.3. The number of hydrogen-bond acceptors (Lipinski definition) is 4. The largest absolute Gasteiger partial charge is 0.504 e. The van der Waals surface area contributed by atoms with Crippen LogP contribution in [0.5, 0.6) is 11.5 Å². The van der Waals surface area contributed by atoms with Crippen LogP contribution in [0.15, 0.2) is 23.2 Å². The number of phenolic OH excluding ortho intramolecular Hbond substituents is 2. The van der Waals surface area contributed by atoms with Crippen LogP contribution in [-0.4, -0.2) is 40.6 Å². The summed E-state index contributed by atoms with van der Waals surface area (Å²) in [6, 6.07) is 4.57. The molecule has 0 spiro atoms. The molecule has 18 heavy (non-hydrogen) atoms. The molecule has 1 rings (SSSR count). The van der Waals surface area contributed by atoms with E-state index < -0.39 is 0 Å². The molecule has 0 radical (unpaired) electrons. The van der Waals surface area contributed by atoms with E-state index in [9.17, 15) is 5.11 Å². The highest BCUT2D eigenvalue weighted by atomic mass is 16.3. The molecule has 1 aromatic rings. The van der Waals surface area contributed by atoms with Gasteiger partial charge in [-0.15, -0.1) is 0 Å². The van der Waals surface area contributed by atoms with Gasteiger partial charge in [0.15, 0.2) is 23.4 Å². The van der Waals surface area contributed by atoms with Gasteiger partial charge >= 0.3 is 0 Å². The Bertz CT molecular complexity index is 473. The molecule has 0 aliphatic carbocycles. The summed E-state index contributed by atoms with van der Waals surface area (Å²) < 4.78 is 0. The predicted molar refractivity (Wildman–Crippen MR) is 69.6 cm³/mol. The summed E-state index contributed by atoms with van der Waals surface area (Å²) in [5.41, 5.74) is 11.7. The molecule has 7 N–H and O–H groups in total. The first-order chi connectivity index (χ1) is 8.41. The predicted octanol–water partition coefficient (Wildman–Crippen LogP) is -0.220. The minimum absolute atomic E-state index is 0.155. The van der Waals surface area contributed by atoms with Gasteiger partial charge in [0.05, 0.1) is 0 Å². The number of nitrogens with one attached hydrogen (secondary N) is 1. The zero-order valence-corrected chi connectivity index (χ0v) is 10.1. The van der Waals surface area contributed by atoms with Crippen LogP contribution in [0.4, 0.5) is 0 Å². The second kappa shape index (κ2) is 5.76. The average molecular weight is 251 g/mol. The Hall–Kier alpha value is -2.44. The fourth-order valence-corrected chi connectivity index (χ4v) is 1.25. The number of benzene rings is 1. The molecule has 0 heterocycles. The van der Waals surface area contributed by atoms with Gasteiger partial charge in [-0.1, -0.05) is 6.07 Å². The number of hydrogen-bond donors (Lipinski definition) is 5. The maximum atomic E-state index is 9.31.